The lowest BCUT2D eigenvalue weighted by Crippen LogP contribution is -2.26. The molecule has 0 spiro atoms. The molecular weight excluding hydrogens is 298 g/mol. The van der Waals surface area contributed by atoms with Crippen molar-refractivity contribution in [2.75, 3.05) is 11.9 Å². The zero-order valence-electron chi connectivity index (χ0n) is 11.0. The second-order valence-electron chi connectivity index (χ2n) is 4.02. The Balaban J connectivity index is 2.22. The number of nitrogens with one attached hydrogen (secondary N) is 3. The van der Waals surface area contributed by atoms with Crippen molar-refractivity contribution in [1.82, 2.24) is 9.97 Å². The molecule has 0 bridgehead atoms. The molecule has 0 saturated heterocycles. The average Bonchev–Trinajstić information content (AvgIpc) is 2.44. The van der Waals surface area contributed by atoms with Gasteiger partial charge in [-0.25, -0.2) is 4.79 Å². The summed E-state index contributed by atoms with van der Waals surface area (Å²) in [5, 5.41) is 2.67. The van der Waals surface area contributed by atoms with Crippen LogP contribution in [0.4, 0.5) is 5.69 Å². The second kappa shape index (κ2) is 6.27. The van der Waals surface area contributed by atoms with Crippen molar-refractivity contribution in [3.05, 3.63) is 55.8 Å². The van der Waals surface area contributed by atoms with Gasteiger partial charge in [0.15, 0.2) is 0 Å². The van der Waals surface area contributed by atoms with Gasteiger partial charge in [0.25, 0.3) is 11.5 Å². The molecule has 1 amide bonds. The van der Waals surface area contributed by atoms with E-state index in [1.807, 2.05) is 11.9 Å². The topological polar surface area (TPSA) is 104 Å². The summed E-state index contributed by atoms with van der Waals surface area (Å²) in [6, 6.07) is 4.52. The Morgan fingerprint density at radius 1 is 1.38 bits per heavy atom. The number of hydrogen-bond donors (Lipinski definition) is 3. The standard InChI is InChI=1S/C13H12ClN3O4/c1-2-21-10-4-3-7(5-8(10)14)11(18)16-9-6-15-13(20)17-12(9)19/h3-6H,2H2,1H3,(H,16,18)(H2,15,17,19,20). The first kappa shape index (κ1) is 14.9. The summed E-state index contributed by atoms with van der Waals surface area (Å²) in [6.07, 6.45) is 1.12. The van der Waals surface area contributed by atoms with E-state index in [9.17, 15) is 14.4 Å². The maximum Gasteiger partial charge on any atom is 0.325 e. The minimum atomic E-state index is -0.691. The van der Waals surface area contributed by atoms with E-state index in [0.717, 1.165) is 6.20 Å². The van der Waals surface area contributed by atoms with Crippen molar-refractivity contribution in [2.24, 2.45) is 0 Å². The first-order valence-corrected chi connectivity index (χ1v) is 6.44. The number of benzene rings is 1. The van der Waals surface area contributed by atoms with Crippen LogP contribution in [0.1, 0.15) is 17.3 Å². The van der Waals surface area contributed by atoms with Crippen LogP contribution in [0, 0.1) is 0 Å². The molecule has 0 radical (unpaired) electrons. The van der Waals surface area contributed by atoms with Crippen molar-refractivity contribution in [2.45, 2.75) is 6.92 Å². The summed E-state index contributed by atoms with van der Waals surface area (Å²) in [7, 11) is 0. The highest BCUT2D eigenvalue weighted by Gasteiger charge is 2.11. The number of amides is 1. The van der Waals surface area contributed by atoms with Crippen molar-refractivity contribution >= 4 is 23.2 Å². The number of H-pyrrole nitrogens is 2. The van der Waals surface area contributed by atoms with Gasteiger partial charge < -0.3 is 15.0 Å². The molecule has 1 heterocycles. The first-order chi connectivity index (χ1) is 10.0. The number of ether oxygens (including phenoxy) is 1. The Labute approximate surface area is 123 Å². The summed E-state index contributed by atoms with van der Waals surface area (Å²) in [5.41, 5.74) is -1.15. The maximum absolute atomic E-state index is 12.0. The van der Waals surface area contributed by atoms with E-state index in [0.29, 0.717) is 17.4 Å². The van der Waals surface area contributed by atoms with Crippen LogP contribution in [0.5, 0.6) is 5.75 Å². The zero-order valence-corrected chi connectivity index (χ0v) is 11.8. The van der Waals surface area contributed by atoms with Gasteiger partial charge >= 0.3 is 5.69 Å². The number of aromatic amines is 2. The first-order valence-electron chi connectivity index (χ1n) is 6.07. The van der Waals surface area contributed by atoms with Crippen molar-refractivity contribution < 1.29 is 9.53 Å². The highest BCUT2D eigenvalue weighted by molar-refractivity contribution is 6.32. The van der Waals surface area contributed by atoms with Gasteiger partial charge in [-0.2, -0.15) is 0 Å². The summed E-state index contributed by atoms with van der Waals surface area (Å²) in [5.74, 6) is -0.0601. The van der Waals surface area contributed by atoms with Crippen molar-refractivity contribution in [3.8, 4) is 5.75 Å². The number of aromatic nitrogens is 2. The molecule has 0 aliphatic carbocycles. The highest BCUT2D eigenvalue weighted by atomic mass is 35.5. The van der Waals surface area contributed by atoms with Crippen LogP contribution in [0.2, 0.25) is 5.02 Å². The van der Waals surface area contributed by atoms with Crippen molar-refractivity contribution in [1.29, 1.82) is 0 Å². The van der Waals surface area contributed by atoms with Crippen LogP contribution in [0.15, 0.2) is 34.0 Å². The van der Waals surface area contributed by atoms with E-state index in [-0.39, 0.29) is 11.3 Å². The number of anilines is 1. The molecule has 2 rings (SSSR count). The van der Waals surface area contributed by atoms with Crippen LogP contribution in [-0.2, 0) is 0 Å². The fraction of sp³-hybridized carbons (Fsp3) is 0.154. The van der Waals surface area contributed by atoms with Gasteiger partial charge in [0.05, 0.1) is 11.6 Å². The van der Waals surface area contributed by atoms with Gasteiger partial charge in [0, 0.05) is 11.8 Å². The fourth-order valence-electron chi connectivity index (χ4n) is 1.61. The lowest BCUT2D eigenvalue weighted by atomic mass is 10.2. The number of hydrogen-bond acceptors (Lipinski definition) is 4. The van der Waals surface area contributed by atoms with Crippen molar-refractivity contribution in [3.63, 3.8) is 0 Å². The largest absolute Gasteiger partial charge is 0.492 e. The minimum Gasteiger partial charge on any atom is -0.492 e. The van der Waals surface area contributed by atoms with Gasteiger partial charge in [-0.1, -0.05) is 11.6 Å². The molecule has 2 aromatic rings. The fourth-order valence-corrected chi connectivity index (χ4v) is 1.85. The molecule has 7 nitrogen and oxygen atoms in total. The van der Waals surface area contributed by atoms with E-state index < -0.39 is 17.2 Å². The molecule has 8 heteroatoms. The Morgan fingerprint density at radius 2 is 2.14 bits per heavy atom. The van der Waals surface area contributed by atoms with Gasteiger partial charge in [-0.15, -0.1) is 0 Å². The number of rotatable bonds is 4. The van der Waals surface area contributed by atoms with Crippen LogP contribution in [-0.4, -0.2) is 22.5 Å². The average molecular weight is 310 g/mol. The SMILES string of the molecule is CCOc1ccc(C(=O)Nc2c[nH]c(=O)[nH]c2=O)cc1Cl. The van der Waals surface area contributed by atoms with Crippen LogP contribution in [0.25, 0.3) is 0 Å². The molecule has 0 aliphatic rings. The van der Waals surface area contributed by atoms with Crippen LogP contribution < -0.4 is 21.3 Å². The van der Waals surface area contributed by atoms with Crippen LogP contribution >= 0.6 is 11.6 Å². The lowest BCUT2D eigenvalue weighted by Gasteiger charge is -2.08. The predicted molar refractivity (Wildman–Crippen MR) is 78.3 cm³/mol. The third-order valence-corrected chi connectivity index (χ3v) is 2.86. The molecule has 0 fully saturated rings. The normalized spacial score (nSPS) is 10.2. The molecule has 0 unspecified atom stereocenters. The molecule has 0 saturated carbocycles. The molecule has 1 aromatic heterocycles. The van der Waals surface area contributed by atoms with Gasteiger partial charge in [-0.05, 0) is 25.1 Å². The van der Waals surface area contributed by atoms with Gasteiger partial charge in [0.2, 0.25) is 0 Å². The zero-order chi connectivity index (χ0) is 15.4. The number of halogens is 1. The van der Waals surface area contributed by atoms with Crippen LogP contribution in [0.3, 0.4) is 0 Å². The van der Waals surface area contributed by atoms with E-state index in [4.69, 9.17) is 16.3 Å². The van der Waals surface area contributed by atoms with E-state index in [1.165, 1.54) is 12.1 Å². The predicted octanol–water partition coefficient (Wildman–Crippen LogP) is 1.37. The Bertz CT molecular complexity index is 781. The monoisotopic (exact) mass is 309 g/mol. The van der Waals surface area contributed by atoms with Gasteiger partial charge in [-0.3, -0.25) is 14.6 Å². The molecule has 21 heavy (non-hydrogen) atoms. The molecule has 110 valence electrons. The Kier molecular flexibility index (Phi) is 4.44. The lowest BCUT2D eigenvalue weighted by molar-refractivity contribution is 0.102. The van der Waals surface area contributed by atoms with Gasteiger partial charge in [0.1, 0.15) is 11.4 Å². The summed E-state index contributed by atoms with van der Waals surface area (Å²) in [4.78, 5) is 38.6. The smallest absolute Gasteiger partial charge is 0.325 e. The quantitative estimate of drug-likeness (QED) is 0.793. The third-order valence-electron chi connectivity index (χ3n) is 2.56. The highest BCUT2D eigenvalue weighted by Crippen LogP contribution is 2.25. The van der Waals surface area contributed by atoms with E-state index in [2.05, 4.69) is 10.3 Å². The molecule has 0 atom stereocenters. The number of carbonyl (C=O) groups is 1. The minimum absolute atomic E-state index is 0.0652. The molecule has 0 aliphatic heterocycles. The molecule has 1 aromatic carbocycles. The summed E-state index contributed by atoms with van der Waals surface area (Å²) >= 11 is 5.99. The summed E-state index contributed by atoms with van der Waals surface area (Å²) < 4.78 is 5.26. The Hall–Kier alpha value is -2.54. The summed E-state index contributed by atoms with van der Waals surface area (Å²) in [6.45, 7) is 2.28. The molecular formula is C13H12ClN3O4. The molecule has 3 N–H and O–H groups in total. The van der Waals surface area contributed by atoms with E-state index in [1.54, 1.807) is 6.07 Å². The second-order valence-corrected chi connectivity index (χ2v) is 4.43. The van der Waals surface area contributed by atoms with E-state index >= 15 is 0 Å². The third kappa shape index (κ3) is 3.51. The maximum atomic E-state index is 12.0. The Morgan fingerprint density at radius 3 is 2.76 bits per heavy atom. The number of carbonyl (C=O) groups excluding carboxylic acids is 1.